The van der Waals surface area contributed by atoms with E-state index in [0.717, 1.165) is 11.1 Å². The van der Waals surface area contributed by atoms with Gasteiger partial charge in [-0.1, -0.05) is 18.2 Å². The van der Waals surface area contributed by atoms with Crippen LogP contribution in [0.3, 0.4) is 0 Å². The third-order valence-corrected chi connectivity index (χ3v) is 4.62. The smallest absolute Gasteiger partial charge is 0.287 e. The molecule has 2 aromatic carbocycles. The van der Waals surface area contributed by atoms with Crippen LogP contribution >= 0.6 is 0 Å². The average Bonchev–Trinajstić information content (AvgIpc) is 3.18. The van der Waals surface area contributed by atoms with Gasteiger partial charge < -0.3 is 14.5 Å². The SMILES string of the molecule is Cc1ccc2c(c1)N(Cc1ccc(C(=O)NCc3ccc(F)cc3)o1)C(=O)CO2. The van der Waals surface area contributed by atoms with Crippen molar-refractivity contribution in [2.75, 3.05) is 11.5 Å². The molecule has 0 aliphatic carbocycles. The number of halogens is 1. The number of hydrogen-bond donors (Lipinski definition) is 1. The number of hydrogen-bond acceptors (Lipinski definition) is 4. The number of anilines is 1. The largest absolute Gasteiger partial charge is 0.482 e. The molecule has 0 saturated heterocycles. The molecular formula is C22H19FN2O4. The van der Waals surface area contributed by atoms with Gasteiger partial charge in [0.05, 0.1) is 12.2 Å². The van der Waals surface area contributed by atoms with E-state index in [2.05, 4.69) is 5.32 Å². The van der Waals surface area contributed by atoms with E-state index >= 15 is 0 Å². The molecular weight excluding hydrogens is 375 g/mol. The van der Waals surface area contributed by atoms with E-state index < -0.39 is 0 Å². The molecule has 1 N–H and O–H groups in total. The van der Waals surface area contributed by atoms with Gasteiger partial charge in [0.1, 0.15) is 17.3 Å². The van der Waals surface area contributed by atoms with Gasteiger partial charge in [0.2, 0.25) is 0 Å². The predicted molar refractivity (Wildman–Crippen MR) is 104 cm³/mol. The van der Waals surface area contributed by atoms with E-state index in [9.17, 15) is 14.0 Å². The van der Waals surface area contributed by atoms with Crippen molar-refractivity contribution in [2.45, 2.75) is 20.0 Å². The molecule has 0 bridgehead atoms. The Morgan fingerprint density at radius 3 is 2.72 bits per heavy atom. The number of carbonyl (C=O) groups excluding carboxylic acids is 2. The number of carbonyl (C=O) groups is 2. The zero-order chi connectivity index (χ0) is 20.4. The lowest BCUT2D eigenvalue weighted by molar-refractivity contribution is -0.121. The molecule has 4 rings (SSSR count). The van der Waals surface area contributed by atoms with E-state index in [-0.39, 0.29) is 43.1 Å². The normalized spacial score (nSPS) is 13.0. The molecule has 0 atom stereocenters. The number of fused-ring (bicyclic) bond motifs is 1. The van der Waals surface area contributed by atoms with Crippen LogP contribution in [0.25, 0.3) is 0 Å². The topological polar surface area (TPSA) is 71.8 Å². The summed E-state index contributed by atoms with van der Waals surface area (Å²) in [6.45, 7) is 2.35. The van der Waals surface area contributed by atoms with Crippen LogP contribution in [-0.4, -0.2) is 18.4 Å². The van der Waals surface area contributed by atoms with Gasteiger partial charge in [-0.15, -0.1) is 0 Å². The Morgan fingerprint density at radius 2 is 1.93 bits per heavy atom. The van der Waals surface area contributed by atoms with Crippen LogP contribution < -0.4 is 15.0 Å². The minimum atomic E-state index is -0.384. The Balaban J connectivity index is 1.44. The summed E-state index contributed by atoms with van der Waals surface area (Å²) in [6.07, 6.45) is 0. The maximum atomic E-state index is 12.9. The summed E-state index contributed by atoms with van der Waals surface area (Å²) in [7, 11) is 0. The first-order valence-corrected chi connectivity index (χ1v) is 9.15. The fourth-order valence-electron chi connectivity index (χ4n) is 3.10. The summed E-state index contributed by atoms with van der Waals surface area (Å²) < 4.78 is 24.1. The number of amides is 2. The summed E-state index contributed by atoms with van der Waals surface area (Å²) >= 11 is 0. The van der Waals surface area contributed by atoms with Gasteiger partial charge in [-0.3, -0.25) is 14.5 Å². The fourth-order valence-corrected chi connectivity index (χ4v) is 3.10. The average molecular weight is 394 g/mol. The van der Waals surface area contributed by atoms with Crippen LogP contribution in [0.2, 0.25) is 0 Å². The van der Waals surface area contributed by atoms with Crippen LogP contribution in [0, 0.1) is 12.7 Å². The van der Waals surface area contributed by atoms with Crippen molar-refractivity contribution in [2.24, 2.45) is 0 Å². The highest BCUT2D eigenvalue weighted by atomic mass is 19.1. The molecule has 2 heterocycles. The van der Waals surface area contributed by atoms with Gasteiger partial charge in [-0.05, 0) is 54.4 Å². The van der Waals surface area contributed by atoms with Crippen molar-refractivity contribution in [3.05, 3.63) is 83.1 Å². The Hall–Kier alpha value is -3.61. The predicted octanol–water partition coefficient (Wildman–Crippen LogP) is 3.58. The van der Waals surface area contributed by atoms with E-state index in [4.69, 9.17) is 9.15 Å². The Labute approximate surface area is 166 Å². The molecule has 2 amide bonds. The summed E-state index contributed by atoms with van der Waals surface area (Å²) in [5.41, 5.74) is 2.46. The molecule has 1 aliphatic heterocycles. The monoisotopic (exact) mass is 394 g/mol. The lowest BCUT2D eigenvalue weighted by Gasteiger charge is -2.29. The van der Waals surface area contributed by atoms with Gasteiger partial charge in [0.15, 0.2) is 12.4 Å². The molecule has 29 heavy (non-hydrogen) atoms. The van der Waals surface area contributed by atoms with Gasteiger partial charge >= 0.3 is 0 Å². The van der Waals surface area contributed by atoms with Gasteiger partial charge in [0.25, 0.3) is 11.8 Å². The van der Waals surface area contributed by atoms with Crippen LogP contribution in [0.15, 0.2) is 59.0 Å². The first kappa shape index (κ1) is 18.7. The summed E-state index contributed by atoms with van der Waals surface area (Å²) in [4.78, 5) is 26.3. The number of furan rings is 1. The zero-order valence-electron chi connectivity index (χ0n) is 15.8. The summed E-state index contributed by atoms with van der Waals surface area (Å²) in [5.74, 6) is 0.378. The highest BCUT2D eigenvalue weighted by Gasteiger charge is 2.27. The van der Waals surface area contributed by atoms with Gasteiger partial charge in [-0.25, -0.2) is 4.39 Å². The van der Waals surface area contributed by atoms with Crippen molar-refractivity contribution >= 4 is 17.5 Å². The standard InChI is InChI=1S/C22H19FN2O4/c1-14-2-8-19-18(10-14)25(21(26)13-28-19)12-17-7-9-20(29-17)22(27)24-11-15-3-5-16(23)6-4-15/h2-10H,11-13H2,1H3,(H,24,27). The lowest BCUT2D eigenvalue weighted by atomic mass is 10.1. The number of benzene rings is 2. The third kappa shape index (κ3) is 4.13. The molecule has 0 unspecified atom stereocenters. The molecule has 7 heteroatoms. The Morgan fingerprint density at radius 1 is 1.14 bits per heavy atom. The maximum absolute atomic E-state index is 12.9. The number of nitrogens with zero attached hydrogens (tertiary/aromatic N) is 1. The highest BCUT2D eigenvalue weighted by molar-refractivity contribution is 5.97. The third-order valence-electron chi connectivity index (χ3n) is 4.62. The molecule has 3 aromatic rings. The summed E-state index contributed by atoms with van der Waals surface area (Å²) in [5, 5.41) is 2.73. The second kappa shape index (κ2) is 7.79. The van der Waals surface area contributed by atoms with Crippen LogP contribution in [-0.2, 0) is 17.9 Å². The first-order chi connectivity index (χ1) is 14.0. The fraction of sp³-hybridized carbons (Fsp3) is 0.182. The Bertz CT molecular complexity index is 1060. The molecule has 1 aliphatic rings. The molecule has 6 nitrogen and oxygen atoms in total. The highest BCUT2D eigenvalue weighted by Crippen LogP contribution is 2.34. The molecule has 1 aromatic heterocycles. The van der Waals surface area contributed by atoms with Gasteiger partial charge in [0, 0.05) is 6.54 Å². The van der Waals surface area contributed by atoms with E-state index in [1.54, 1.807) is 29.2 Å². The van der Waals surface area contributed by atoms with Gasteiger partial charge in [-0.2, -0.15) is 0 Å². The van der Waals surface area contributed by atoms with Crippen molar-refractivity contribution in [1.29, 1.82) is 0 Å². The molecule has 0 saturated carbocycles. The second-order valence-corrected chi connectivity index (χ2v) is 6.81. The van der Waals surface area contributed by atoms with Crippen molar-refractivity contribution < 1.29 is 23.1 Å². The quantitative estimate of drug-likeness (QED) is 0.718. The second-order valence-electron chi connectivity index (χ2n) is 6.81. The Kier molecular flexibility index (Phi) is 5.03. The van der Waals surface area contributed by atoms with Crippen molar-refractivity contribution in [3.8, 4) is 5.75 Å². The minimum Gasteiger partial charge on any atom is -0.482 e. The maximum Gasteiger partial charge on any atom is 0.287 e. The molecule has 0 spiro atoms. The van der Waals surface area contributed by atoms with Crippen molar-refractivity contribution in [3.63, 3.8) is 0 Å². The number of rotatable bonds is 5. The van der Waals surface area contributed by atoms with Crippen molar-refractivity contribution in [1.82, 2.24) is 5.32 Å². The number of aryl methyl sites for hydroxylation is 1. The van der Waals surface area contributed by atoms with Crippen LogP contribution in [0.5, 0.6) is 5.75 Å². The molecule has 0 radical (unpaired) electrons. The van der Waals surface area contributed by atoms with E-state index in [0.29, 0.717) is 17.2 Å². The van der Waals surface area contributed by atoms with E-state index in [1.807, 2.05) is 25.1 Å². The zero-order valence-corrected chi connectivity index (χ0v) is 15.8. The van der Waals surface area contributed by atoms with E-state index in [1.165, 1.54) is 12.1 Å². The first-order valence-electron chi connectivity index (χ1n) is 9.15. The number of ether oxygens (including phenoxy) is 1. The molecule has 148 valence electrons. The molecule has 0 fully saturated rings. The minimum absolute atomic E-state index is 0.0399. The lowest BCUT2D eigenvalue weighted by Crippen LogP contribution is -2.38. The summed E-state index contributed by atoms with van der Waals surface area (Å²) in [6, 6.07) is 14.8. The van der Waals surface area contributed by atoms with Crippen LogP contribution in [0.4, 0.5) is 10.1 Å². The number of nitrogens with one attached hydrogen (secondary N) is 1. The van der Waals surface area contributed by atoms with Crippen LogP contribution in [0.1, 0.15) is 27.4 Å².